The summed E-state index contributed by atoms with van der Waals surface area (Å²) in [7, 11) is 0. The minimum absolute atomic E-state index is 0.125. The van der Waals surface area contributed by atoms with Crippen LogP contribution < -0.4 is 4.74 Å². The molecule has 0 unspecified atom stereocenters. The third kappa shape index (κ3) is 2.49. The van der Waals surface area contributed by atoms with E-state index in [0.29, 0.717) is 0 Å². The van der Waals surface area contributed by atoms with Crippen molar-refractivity contribution in [3.63, 3.8) is 0 Å². The fourth-order valence-electron chi connectivity index (χ4n) is 0.686. The summed E-state index contributed by atoms with van der Waals surface area (Å²) in [5.41, 5.74) is 0. The van der Waals surface area contributed by atoms with Crippen LogP contribution >= 0.6 is 22.6 Å². The van der Waals surface area contributed by atoms with Crippen molar-refractivity contribution in [1.29, 1.82) is 0 Å². The average molecular weight is 262 g/mol. The highest BCUT2D eigenvalue weighted by Gasteiger charge is 1.96. The van der Waals surface area contributed by atoms with Gasteiger partial charge >= 0.3 is 0 Å². The lowest BCUT2D eigenvalue weighted by molar-refractivity contribution is -0.109. The SMILES string of the molecule is O=CCOc1ccccc1I. The minimum Gasteiger partial charge on any atom is -0.485 e. The fourth-order valence-corrected chi connectivity index (χ4v) is 1.23. The minimum atomic E-state index is 0.125. The van der Waals surface area contributed by atoms with Crippen molar-refractivity contribution < 1.29 is 9.53 Å². The summed E-state index contributed by atoms with van der Waals surface area (Å²) in [4.78, 5) is 9.96. The Morgan fingerprint density at radius 1 is 1.45 bits per heavy atom. The predicted octanol–water partition coefficient (Wildman–Crippen LogP) is 1.87. The van der Waals surface area contributed by atoms with Crippen LogP contribution in [0.4, 0.5) is 0 Å². The van der Waals surface area contributed by atoms with Crippen molar-refractivity contribution in [3.05, 3.63) is 27.8 Å². The lowest BCUT2D eigenvalue weighted by atomic mass is 10.3. The van der Waals surface area contributed by atoms with Gasteiger partial charge in [-0.05, 0) is 34.7 Å². The molecule has 0 atom stereocenters. The molecule has 0 spiro atoms. The molecule has 58 valence electrons. The van der Waals surface area contributed by atoms with E-state index in [0.717, 1.165) is 15.6 Å². The lowest BCUT2D eigenvalue weighted by Crippen LogP contribution is -1.98. The Morgan fingerprint density at radius 3 is 2.82 bits per heavy atom. The van der Waals surface area contributed by atoms with Gasteiger partial charge in [0, 0.05) is 0 Å². The van der Waals surface area contributed by atoms with E-state index in [-0.39, 0.29) is 6.61 Å². The van der Waals surface area contributed by atoms with Crippen LogP contribution in [0.3, 0.4) is 0 Å². The molecule has 0 N–H and O–H groups in total. The highest BCUT2D eigenvalue weighted by molar-refractivity contribution is 14.1. The maximum absolute atomic E-state index is 9.96. The first-order valence-corrected chi connectivity index (χ1v) is 4.23. The van der Waals surface area contributed by atoms with Gasteiger partial charge in [-0.3, -0.25) is 4.79 Å². The molecule has 2 nitrogen and oxygen atoms in total. The Morgan fingerprint density at radius 2 is 2.18 bits per heavy atom. The van der Waals surface area contributed by atoms with Gasteiger partial charge in [-0.25, -0.2) is 0 Å². The molecule has 11 heavy (non-hydrogen) atoms. The summed E-state index contributed by atoms with van der Waals surface area (Å²) < 4.78 is 6.13. The molecule has 0 fully saturated rings. The molecule has 0 radical (unpaired) electrons. The second-order valence-electron chi connectivity index (χ2n) is 1.91. The largest absolute Gasteiger partial charge is 0.485 e. The number of carbonyl (C=O) groups excluding carboxylic acids is 1. The number of para-hydroxylation sites is 1. The standard InChI is InChI=1S/C8H7IO2/c9-7-3-1-2-4-8(7)11-6-5-10/h1-5H,6H2. The number of halogens is 1. The summed E-state index contributed by atoms with van der Waals surface area (Å²) in [6.45, 7) is 0.125. The molecule has 3 heteroatoms. The molecular weight excluding hydrogens is 255 g/mol. The summed E-state index contributed by atoms with van der Waals surface area (Å²) in [6, 6.07) is 7.57. The highest BCUT2D eigenvalue weighted by atomic mass is 127. The topological polar surface area (TPSA) is 26.3 Å². The second kappa shape index (κ2) is 4.33. The molecule has 1 aromatic rings. The van der Waals surface area contributed by atoms with Crippen molar-refractivity contribution in [3.8, 4) is 5.75 Å². The van der Waals surface area contributed by atoms with Gasteiger partial charge in [0.1, 0.15) is 12.4 Å². The van der Waals surface area contributed by atoms with E-state index in [2.05, 4.69) is 22.6 Å². The molecule has 0 heterocycles. The van der Waals surface area contributed by atoms with Gasteiger partial charge in [-0.1, -0.05) is 12.1 Å². The average Bonchev–Trinajstić information content (AvgIpc) is 2.03. The van der Waals surface area contributed by atoms with E-state index in [1.54, 1.807) is 0 Å². The Hall–Kier alpha value is -0.580. The van der Waals surface area contributed by atoms with Gasteiger partial charge in [0.2, 0.25) is 0 Å². The van der Waals surface area contributed by atoms with Gasteiger partial charge < -0.3 is 4.74 Å². The first-order chi connectivity index (χ1) is 5.34. The zero-order valence-corrected chi connectivity index (χ0v) is 7.95. The van der Waals surface area contributed by atoms with Gasteiger partial charge in [0.25, 0.3) is 0 Å². The quantitative estimate of drug-likeness (QED) is 0.614. The van der Waals surface area contributed by atoms with Crippen LogP contribution in [-0.2, 0) is 4.79 Å². The van der Waals surface area contributed by atoms with E-state index in [1.807, 2.05) is 24.3 Å². The van der Waals surface area contributed by atoms with Crippen LogP contribution in [0.1, 0.15) is 0 Å². The number of hydrogen-bond donors (Lipinski definition) is 0. The van der Waals surface area contributed by atoms with Crippen molar-refractivity contribution in [2.45, 2.75) is 0 Å². The van der Waals surface area contributed by atoms with Crippen LogP contribution in [0.2, 0.25) is 0 Å². The van der Waals surface area contributed by atoms with Crippen LogP contribution in [0.15, 0.2) is 24.3 Å². The fraction of sp³-hybridized carbons (Fsp3) is 0.125. The number of benzene rings is 1. The molecule has 0 aliphatic carbocycles. The molecule has 0 amide bonds. The maximum atomic E-state index is 9.96. The Kier molecular flexibility index (Phi) is 3.35. The molecule has 0 aliphatic heterocycles. The third-order valence-corrected chi connectivity index (χ3v) is 2.03. The number of aldehydes is 1. The van der Waals surface area contributed by atoms with E-state index >= 15 is 0 Å². The van der Waals surface area contributed by atoms with Gasteiger partial charge in [0.15, 0.2) is 6.29 Å². The first-order valence-electron chi connectivity index (χ1n) is 3.15. The zero-order chi connectivity index (χ0) is 8.10. The summed E-state index contributed by atoms with van der Waals surface area (Å²) >= 11 is 2.16. The Labute approximate surface area is 78.7 Å². The van der Waals surface area contributed by atoms with Crippen molar-refractivity contribution in [2.75, 3.05) is 6.61 Å². The number of rotatable bonds is 3. The smallest absolute Gasteiger partial charge is 0.157 e. The molecule has 1 rings (SSSR count). The van der Waals surface area contributed by atoms with E-state index in [9.17, 15) is 4.79 Å². The molecule has 0 saturated heterocycles. The predicted molar refractivity (Wildman–Crippen MR) is 50.7 cm³/mol. The Bertz CT molecular complexity index is 248. The van der Waals surface area contributed by atoms with E-state index in [1.165, 1.54) is 0 Å². The van der Waals surface area contributed by atoms with E-state index < -0.39 is 0 Å². The van der Waals surface area contributed by atoms with Crippen LogP contribution in [0.5, 0.6) is 5.75 Å². The Balaban J connectivity index is 2.69. The molecule has 0 aromatic heterocycles. The summed E-state index contributed by atoms with van der Waals surface area (Å²) in [5, 5.41) is 0. The van der Waals surface area contributed by atoms with Gasteiger partial charge in [0.05, 0.1) is 3.57 Å². The normalized spacial score (nSPS) is 9.18. The van der Waals surface area contributed by atoms with Crippen LogP contribution in [0.25, 0.3) is 0 Å². The number of carbonyl (C=O) groups is 1. The van der Waals surface area contributed by atoms with Crippen molar-refractivity contribution >= 4 is 28.9 Å². The summed E-state index contributed by atoms with van der Waals surface area (Å²) in [6.07, 6.45) is 0.739. The molecule has 1 aromatic carbocycles. The number of hydrogen-bond acceptors (Lipinski definition) is 2. The lowest BCUT2D eigenvalue weighted by Gasteiger charge is -2.02. The van der Waals surface area contributed by atoms with E-state index in [4.69, 9.17) is 4.74 Å². The third-order valence-electron chi connectivity index (χ3n) is 1.14. The van der Waals surface area contributed by atoms with Crippen LogP contribution in [0, 0.1) is 3.57 Å². The zero-order valence-electron chi connectivity index (χ0n) is 5.79. The second-order valence-corrected chi connectivity index (χ2v) is 3.07. The molecule has 0 aliphatic rings. The monoisotopic (exact) mass is 262 g/mol. The highest BCUT2D eigenvalue weighted by Crippen LogP contribution is 2.18. The molecule has 0 bridgehead atoms. The number of ether oxygens (including phenoxy) is 1. The molecule has 0 saturated carbocycles. The van der Waals surface area contributed by atoms with Gasteiger partial charge in [-0.15, -0.1) is 0 Å². The first kappa shape index (κ1) is 8.52. The van der Waals surface area contributed by atoms with Crippen molar-refractivity contribution in [2.24, 2.45) is 0 Å². The van der Waals surface area contributed by atoms with Crippen LogP contribution in [-0.4, -0.2) is 12.9 Å². The van der Waals surface area contributed by atoms with Crippen molar-refractivity contribution in [1.82, 2.24) is 0 Å². The van der Waals surface area contributed by atoms with Gasteiger partial charge in [-0.2, -0.15) is 0 Å². The molecular formula is C8H7IO2. The maximum Gasteiger partial charge on any atom is 0.157 e. The summed E-state index contributed by atoms with van der Waals surface area (Å²) in [5.74, 6) is 0.764.